The lowest BCUT2D eigenvalue weighted by Crippen LogP contribution is -2.65. The molecule has 5 aliphatic rings. The van der Waals surface area contributed by atoms with Crippen molar-refractivity contribution in [2.75, 3.05) is 19.9 Å². The molecule has 39 heavy (non-hydrogen) atoms. The van der Waals surface area contributed by atoms with Crippen LogP contribution in [0.15, 0.2) is 4.99 Å². The van der Waals surface area contributed by atoms with E-state index in [4.69, 9.17) is 9.47 Å². The predicted octanol–water partition coefficient (Wildman–Crippen LogP) is 0.921. The number of aliphatic imine (C=N–C) groups is 1. The summed E-state index contributed by atoms with van der Waals surface area (Å²) in [6.45, 7) is 7.54. The van der Waals surface area contributed by atoms with E-state index in [1.165, 1.54) is 43.4 Å². The number of thioether (sulfide) groups is 1. The molecule has 0 aromatic rings. The standard InChI is InChI=1S/C24H34N4O8S2.ClH/c1-23(2)17(28-19(30)16(20(28)37-23)25-12-26-9-7-5-6-8-10-26)21(31)35-13-36-22(32)18-24(3,4)38(33,34)15-11-14(29)27(15)18;/h12,15-18,20H,5-11,13H2,1-4H3;1H/b25-12+;/t15-,16?,17+,18+,20-;/m1./s1. The summed E-state index contributed by atoms with van der Waals surface area (Å²) in [5.74, 6) is -2.37. The molecule has 0 spiro atoms. The maximum absolute atomic E-state index is 13.0. The average molecular weight is 607 g/mol. The van der Waals surface area contributed by atoms with Gasteiger partial charge in [-0.25, -0.2) is 18.0 Å². The number of hydrogen-bond donors (Lipinski definition) is 0. The van der Waals surface area contributed by atoms with Gasteiger partial charge in [-0.1, -0.05) is 12.8 Å². The van der Waals surface area contributed by atoms with E-state index >= 15 is 0 Å². The van der Waals surface area contributed by atoms with Gasteiger partial charge in [-0.05, 0) is 40.5 Å². The van der Waals surface area contributed by atoms with E-state index in [-0.39, 0.29) is 30.1 Å². The van der Waals surface area contributed by atoms with Crippen LogP contribution in [0.2, 0.25) is 0 Å². The van der Waals surface area contributed by atoms with Crippen LogP contribution in [-0.4, -0.2) is 111 Å². The molecule has 15 heteroatoms. The number of ether oxygens (including phenoxy) is 2. The van der Waals surface area contributed by atoms with E-state index in [9.17, 15) is 27.6 Å². The lowest BCUT2D eigenvalue weighted by molar-refractivity contribution is -0.181. The molecule has 5 atom stereocenters. The second kappa shape index (κ2) is 10.4. The zero-order chi connectivity index (χ0) is 27.6. The topological polar surface area (TPSA) is 143 Å². The molecule has 1 unspecified atom stereocenters. The quantitative estimate of drug-likeness (QED) is 0.141. The number of amides is 2. The minimum absolute atomic E-state index is 0. The van der Waals surface area contributed by atoms with Crippen LogP contribution in [0.25, 0.3) is 0 Å². The first-order valence-electron chi connectivity index (χ1n) is 12.9. The Morgan fingerprint density at radius 2 is 1.59 bits per heavy atom. The minimum Gasteiger partial charge on any atom is -0.426 e. The molecule has 12 nitrogen and oxygen atoms in total. The van der Waals surface area contributed by atoms with Gasteiger partial charge in [0.25, 0.3) is 5.91 Å². The summed E-state index contributed by atoms with van der Waals surface area (Å²) >= 11 is 1.48. The number of carbonyl (C=O) groups is 4. The van der Waals surface area contributed by atoms with Crippen molar-refractivity contribution in [1.29, 1.82) is 0 Å². The molecule has 5 rings (SSSR count). The molecule has 0 radical (unpaired) electrons. The van der Waals surface area contributed by atoms with Gasteiger partial charge in [0.15, 0.2) is 15.9 Å². The van der Waals surface area contributed by atoms with Crippen molar-refractivity contribution in [2.24, 2.45) is 4.99 Å². The van der Waals surface area contributed by atoms with Crippen molar-refractivity contribution in [3.63, 3.8) is 0 Å². The molecule has 0 N–H and O–H groups in total. The van der Waals surface area contributed by atoms with Gasteiger partial charge >= 0.3 is 11.9 Å². The van der Waals surface area contributed by atoms with Gasteiger partial charge in [-0.2, -0.15) is 0 Å². The largest absolute Gasteiger partial charge is 0.426 e. The minimum atomic E-state index is -3.76. The number of halogens is 1. The molecule has 218 valence electrons. The Morgan fingerprint density at radius 3 is 2.18 bits per heavy atom. The van der Waals surface area contributed by atoms with E-state index in [0.29, 0.717) is 0 Å². The fourth-order valence-electron chi connectivity index (χ4n) is 6.00. The third kappa shape index (κ3) is 4.69. The Bertz CT molecular complexity index is 1180. The molecule has 0 aromatic heterocycles. The number of esters is 2. The maximum atomic E-state index is 13.0. The Labute approximate surface area is 238 Å². The second-order valence-corrected chi connectivity index (χ2v) is 15.9. The smallest absolute Gasteiger partial charge is 0.333 e. The van der Waals surface area contributed by atoms with Crippen molar-refractivity contribution < 1.29 is 37.1 Å². The molecule has 0 aliphatic carbocycles. The van der Waals surface area contributed by atoms with Gasteiger partial charge < -0.3 is 24.2 Å². The van der Waals surface area contributed by atoms with Crippen LogP contribution in [0, 0.1) is 0 Å². The summed E-state index contributed by atoms with van der Waals surface area (Å²) in [7, 11) is -3.76. The first-order chi connectivity index (χ1) is 17.8. The summed E-state index contributed by atoms with van der Waals surface area (Å²) in [5, 5.41) is -1.33. The average Bonchev–Trinajstić information content (AvgIpc) is 3.01. The predicted molar refractivity (Wildman–Crippen MR) is 145 cm³/mol. The Kier molecular flexibility index (Phi) is 7.98. The van der Waals surface area contributed by atoms with Crippen LogP contribution >= 0.6 is 24.2 Å². The number of carbonyl (C=O) groups excluding carboxylic acids is 4. The molecule has 5 aliphatic heterocycles. The molecule has 0 saturated carbocycles. The van der Waals surface area contributed by atoms with Crippen molar-refractivity contribution in [3.05, 3.63) is 0 Å². The van der Waals surface area contributed by atoms with Crippen molar-refractivity contribution in [3.8, 4) is 0 Å². The Hall–Kier alpha value is -2.06. The summed E-state index contributed by atoms with van der Waals surface area (Å²) in [6, 6.07) is -2.77. The summed E-state index contributed by atoms with van der Waals surface area (Å²) in [6.07, 6.45) is 6.20. The summed E-state index contributed by atoms with van der Waals surface area (Å²) < 4.78 is 33.6. The van der Waals surface area contributed by atoms with Crippen LogP contribution in [0.3, 0.4) is 0 Å². The van der Waals surface area contributed by atoms with E-state index in [2.05, 4.69) is 9.89 Å². The third-order valence-electron chi connectivity index (χ3n) is 8.27. The molecular weight excluding hydrogens is 572 g/mol. The highest BCUT2D eigenvalue weighted by molar-refractivity contribution is 8.01. The first kappa shape index (κ1) is 29.9. The van der Waals surface area contributed by atoms with E-state index in [0.717, 1.165) is 30.8 Å². The highest BCUT2D eigenvalue weighted by atomic mass is 35.5. The van der Waals surface area contributed by atoms with Gasteiger partial charge in [0.2, 0.25) is 12.7 Å². The van der Waals surface area contributed by atoms with Crippen molar-refractivity contribution in [1.82, 2.24) is 14.7 Å². The number of β-lactam (4-membered cyclic amide) rings is 2. The monoisotopic (exact) mass is 606 g/mol. The highest BCUT2D eigenvalue weighted by Gasteiger charge is 2.68. The van der Waals surface area contributed by atoms with Crippen LogP contribution in [0.5, 0.6) is 0 Å². The third-order valence-corrected chi connectivity index (χ3v) is 12.6. The van der Waals surface area contributed by atoms with Gasteiger partial charge in [-0.15, -0.1) is 24.2 Å². The van der Waals surface area contributed by atoms with Gasteiger partial charge in [0.1, 0.15) is 22.8 Å². The molecule has 2 amide bonds. The number of likely N-dealkylation sites (tertiary alicyclic amines) is 1. The molecule has 0 aromatic carbocycles. The lowest BCUT2D eigenvalue weighted by Gasteiger charge is -2.42. The van der Waals surface area contributed by atoms with E-state index in [1.807, 2.05) is 13.8 Å². The number of hydrogen-bond acceptors (Lipinski definition) is 10. The second-order valence-electron chi connectivity index (χ2n) is 11.5. The van der Waals surface area contributed by atoms with Crippen molar-refractivity contribution >= 4 is 64.1 Å². The van der Waals surface area contributed by atoms with Gasteiger partial charge in [-0.3, -0.25) is 14.6 Å². The van der Waals surface area contributed by atoms with Crippen LogP contribution in [0.4, 0.5) is 0 Å². The Balaban J connectivity index is 0.00000353. The van der Waals surface area contributed by atoms with Crippen molar-refractivity contribution in [2.45, 2.75) is 98.2 Å². The number of rotatable bonds is 6. The number of sulfone groups is 1. The Morgan fingerprint density at radius 1 is 1.00 bits per heavy atom. The number of nitrogens with zero attached hydrogens (tertiary/aromatic N) is 4. The van der Waals surface area contributed by atoms with Gasteiger partial charge in [0.05, 0.1) is 17.5 Å². The van der Waals surface area contributed by atoms with Gasteiger partial charge in [0, 0.05) is 17.8 Å². The molecule has 5 saturated heterocycles. The highest BCUT2D eigenvalue weighted by Crippen LogP contribution is 2.52. The zero-order valence-electron chi connectivity index (χ0n) is 22.4. The summed E-state index contributed by atoms with van der Waals surface area (Å²) in [4.78, 5) is 60.0. The van der Waals surface area contributed by atoms with Crippen LogP contribution in [0.1, 0.15) is 59.8 Å². The van der Waals surface area contributed by atoms with Crippen LogP contribution in [-0.2, 0) is 38.5 Å². The maximum Gasteiger partial charge on any atom is 0.333 e. The molecule has 5 heterocycles. The fraction of sp³-hybridized carbons (Fsp3) is 0.792. The molecule has 5 fully saturated rings. The lowest BCUT2D eigenvalue weighted by atomic mass is 9.96. The zero-order valence-corrected chi connectivity index (χ0v) is 24.9. The summed E-state index contributed by atoms with van der Waals surface area (Å²) in [5.41, 5.74) is 0. The first-order valence-corrected chi connectivity index (χ1v) is 15.4. The SMILES string of the molecule is CC1(C)S[C@@H]2C(/N=C/N3CCCCCC3)C(=O)N2[C@H]1C(=O)OCOC(=O)[C@@H]1N2C(=O)C[C@H]2S(=O)(=O)C1(C)C.Cl. The fourth-order valence-corrected chi connectivity index (χ4v) is 9.74. The van der Waals surface area contributed by atoms with E-state index in [1.54, 1.807) is 6.34 Å². The number of fused-ring (bicyclic) bond motifs is 2. The van der Waals surface area contributed by atoms with E-state index < -0.39 is 67.5 Å². The molecular formula is C24H35ClN4O8S2. The van der Waals surface area contributed by atoms with Crippen LogP contribution < -0.4 is 0 Å². The molecule has 0 bridgehead atoms. The normalized spacial score (nSPS) is 33.8.